The number of anilines is 1. The molecule has 1 amide bonds. The minimum absolute atomic E-state index is 0.0481. The van der Waals surface area contributed by atoms with E-state index in [1.165, 1.54) is 6.20 Å². The number of ether oxygens (including phenoxy) is 1. The Hall–Kier alpha value is -3.41. The topological polar surface area (TPSA) is 115 Å². The van der Waals surface area contributed by atoms with Crippen molar-refractivity contribution in [1.82, 2.24) is 10.1 Å². The molecule has 0 aliphatic rings. The summed E-state index contributed by atoms with van der Waals surface area (Å²) in [5.41, 5.74) is -0.495. The van der Waals surface area contributed by atoms with Crippen LogP contribution in [0, 0.1) is 0 Å². The zero-order chi connectivity index (χ0) is 19.6. The fourth-order valence-electron chi connectivity index (χ4n) is 2.04. The standard InChI is InChI=1S/C15H8F3N3O5S/c16-15(17,18)25-8-3-1-7(2-4-8)11(22)20-12-9(14(23)24)10(21-26-12)13-19-5-6-27-13/h1-6H,(H,20,22)(H,23,24). The largest absolute Gasteiger partial charge is 0.573 e. The first kappa shape index (κ1) is 18.4. The summed E-state index contributed by atoms with van der Waals surface area (Å²) < 4.78 is 45.0. The fourth-order valence-corrected chi connectivity index (χ4v) is 2.67. The molecule has 0 saturated carbocycles. The maximum atomic E-state index is 12.2. The van der Waals surface area contributed by atoms with Crippen LogP contribution in [0.25, 0.3) is 10.7 Å². The van der Waals surface area contributed by atoms with Gasteiger partial charge >= 0.3 is 12.3 Å². The highest BCUT2D eigenvalue weighted by molar-refractivity contribution is 7.13. The van der Waals surface area contributed by atoms with Crippen LogP contribution >= 0.6 is 11.3 Å². The lowest BCUT2D eigenvalue weighted by Gasteiger charge is -2.09. The van der Waals surface area contributed by atoms with Crippen molar-refractivity contribution in [3.05, 3.63) is 47.0 Å². The third kappa shape index (κ3) is 4.23. The normalized spacial score (nSPS) is 11.2. The van der Waals surface area contributed by atoms with Crippen LogP contribution in [0.3, 0.4) is 0 Å². The van der Waals surface area contributed by atoms with Gasteiger partial charge in [-0.2, -0.15) is 0 Å². The van der Waals surface area contributed by atoms with Crippen LogP contribution in [-0.4, -0.2) is 33.5 Å². The molecule has 1 aromatic carbocycles. The molecule has 12 heteroatoms. The van der Waals surface area contributed by atoms with Gasteiger partial charge in [0.05, 0.1) is 0 Å². The van der Waals surface area contributed by atoms with Crippen molar-refractivity contribution in [1.29, 1.82) is 0 Å². The molecule has 3 rings (SSSR count). The Morgan fingerprint density at radius 2 is 1.93 bits per heavy atom. The van der Waals surface area contributed by atoms with E-state index >= 15 is 0 Å². The van der Waals surface area contributed by atoms with Gasteiger partial charge < -0.3 is 14.4 Å². The second kappa shape index (κ2) is 7.07. The third-order valence-corrected chi connectivity index (χ3v) is 3.90. The first-order valence-electron chi connectivity index (χ1n) is 7.04. The molecule has 3 aromatic rings. The average molecular weight is 399 g/mol. The second-order valence-corrected chi connectivity index (χ2v) is 5.80. The number of hydrogen-bond donors (Lipinski definition) is 2. The van der Waals surface area contributed by atoms with Crippen LogP contribution in [0.5, 0.6) is 5.75 Å². The highest BCUT2D eigenvalue weighted by atomic mass is 32.1. The van der Waals surface area contributed by atoms with E-state index in [-0.39, 0.29) is 16.3 Å². The minimum Gasteiger partial charge on any atom is -0.477 e. The summed E-state index contributed by atoms with van der Waals surface area (Å²) in [6, 6.07) is 4.05. The Kier molecular flexibility index (Phi) is 4.81. The number of nitrogens with one attached hydrogen (secondary N) is 1. The summed E-state index contributed by atoms with van der Waals surface area (Å²) in [7, 11) is 0. The second-order valence-electron chi connectivity index (χ2n) is 4.90. The van der Waals surface area contributed by atoms with Crippen molar-refractivity contribution < 1.29 is 37.1 Å². The molecule has 0 unspecified atom stereocenters. The number of carbonyl (C=O) groups excluding carboxylic acids is 1. The molecule has 0 bridgehead atoms. The number of carbonyl (C=O) groups is 2. The minimum atomic E-state index is -4.85. The maximum absolute atomic E-state index is 12.2. The van der Waals surface area contributed by atoms with E-state index in [9.17, 15) is 27.9 Å². The van der Waals surface area contributed by atoms with Crippen LogP contribution < -0.4 is 10.1 Å². The molecule has 0 radical (unpaired) electrons. The van der Waals surface area contributed by atoms with Gasteiger partial charge in [-0.15, -0.1) is 24.5 Å². The number of aromatic carboxylic acids is 1. The highest BCUT2D eigenvalue weighted by Crippen LogP contribution is 2.30. The molecule has 27 heavy (non-hydrogen) atoms. The van der Waals surface area contributed by atoms with Crippen molar-refractivity contribution in [3.63, 3.8) is 0 Å². The molecular formula is C15H8F3N3O5S. The van der Waals surface area contributed by atoms with Crippen LogP contribution in [0.1, 0.15) is 20.7 Å². The lowest BCUT2D eigenvalue weighted by Crippen LogP contribution is -2.17. The predicted molar refractivity (Wildman–Crippen MR) is 85.6 cm³/mol. The number of rotatable bonds is 5. The van der Waals surface area contributed by atoms with E-state index in [0.29, 0.717) is 0 Å². The summed E-state index contributed by atoms with van der Waals surface area (Å²) in [5, 5.41) is 17.1. The van der Waals surface area contributed by atoms with Gasteiger partial charge in [-0.1, -0.05) is 5.16 Å². The molecule has 2 aromatic heterocycles. The van der Waals surface area contributed by atoms with Crippen molar-refractivity contribution >= 4 is 29.1 Å². The zero-order valence-electron chi connectivity index (χ0n) is 13.0. The molecule has 0 aliphatic heterocycles. The van der Waals surface area contributed by atoms with Crippen LogP contribution in [0.4, 0.5) is 19.1 Å². The number of benzene rings is 1. The molecule has 0 fully saturated rings. The van der Waals surface area contributed by atoms with E-state index in [0.717, 1.165) is 35.6 Å². The number of halogens is 3. The Bertz CT molecular complexity index is 968. The number of hydrogen-bond acceptors (Lipinski definition) is 7. The van der Waals surface area contributed by atoms with Gasteiger partial charge in [-0.25, -0.2) is 9.78 Å². The van der Waals surface area contributed by atoms with Gasteiger partial charge in [-0.05, 0) is 24.3 Å². The van der Waals surface area contributed by atoms with Crippen LogP contribution in [-0.2, 0) is 0 Å². The van der Waals surface area contributed by atoms with Crippen molar-refractivity contribution in [2.45, 2.75) is 6.36 Å². The van der Waals surface area contributed by atoms with E-state index in [1.807, 2.05) is 0 Å². The SMILES string of the molecule is O=C(Nc1onc(-c2nccs2)c1C(=O)O)c1ccc(OC(F)(F)F)cc1. The maximum Gasteiger partial charge on any atom is 0.573 e. The first-order valence-corrected chi connectivity index (χ1v) is 7.92. The van der Waals surface area contributed by atoms with Gasteiger partial charge in [0.15, 0.2) is 11.3 Å². The average Bonchev–Trinajstić information content (AvgIpc) is 3.22. The number of amides is 1. The summed E-state index contributed by atoms with van der Waals surface area (Å²) in [4.78, 5) is 27.6. The smallest absolute Gasteiger partial charge is 0.477 e. The molecule has 0 spiro atoms. The molecule has 0 saturated heterocycles. The van der Waals surface area contributed by atoms with E-state index in [2.05, 4.69) is 20.2 Å². The fraction of sp³-hybridized carbons (Fsp3) is 0.0667. The van der Waals surface area contributed by atoms with Gasteiger partial charge in [0.2, 0.25) is 5.88 Å². The Balaban J connectivity index is 1.81. The van der Waals surface area contributed by atoms with E-state index in [4.69, 9.17) is 4.52 Å². The lowest BCUT2D eigenvalue weighted by atomic mass is 10.2. The zero-order valence-corrected chi connectivity index (χ0v) is 13.8. The van der Waals surface area contributed by atoms with Gasteiger partial charge in [0.25, 0.3) is 5.91 Å². The van der Waals surface area contributed by atoms with Gasteiger partial charge in [0.1, 0.15) is 10.8 Å². The van der Waals surface area contributed by atoms with Crippen molar-refractivity contribution in [2.75, 3.05) is 5.32 Å². The molecule has 140 valence electrons. The lowest BCUT2D eigenvalue weighted by molar-refractivity contribution is -0.274. The Morgan fingerprint density at radius 1 is 1.22 bits per heavy atom. The van der Waals surface area contributed by atoms with Crippen LogP contribution in [0.2, 0.25) is 0 Å². The van der Waals surface area contributed by atoms with E-state index < -0.39 is 35.4 Å². The Labute approximate surface area is 152 Å². The molecule has 2 heterocycles. The molecule has 8 nitrogen and oxygen atoms in total. The van der Waals surface area contributed by atoms with Crippen LogP contribution in [0.15, 0.2) is 40.4 Å². The van der Waals surface area contributed by atoms with Crippen molar-refractivity contribution in [3.8, 4) is 16.5 Å². The summed E-state index contributed by atoms with van der Waals surface area (Å²) in [6.07, 6.45) is -3.41. The number of carboxylic acids is 1. The Morgan fingerprint density at radius 3 is 2.48 bits per heavy atom. The highest BCUT2D eigenvalue weighted by Gasteiger charge is 2.31. The number of aromatic nitrogens is 2. The molecule has 0 atom stereocenters. The molecule has 0 aliphatic carbocycles. The van der Waals surface area contributed by atoms with Gasteiger partial charge in [-0.3, -0.25) is 10.1 Å². The predicted octanol–water partition coefficient (Wildman–Crippen LogP) is 3.65. The number of carboxylic acid groups (broad SMARTS) is 1. The first-order chi connectivity index (χ1) is 12.7. The third-order valence-electron chi connectivity index (χ3n) is 3.12. The summed E-state index contributed by atoms with van der Waals surface area (Å²) in [6.45, 7) is 0. The number of nitrogens with zero attached hydrogens (tertiary/aromatic N) is 2. The number of alkyl halides is 3. The van der Waals surface area contributed by atoms with Crippen molar-refractivity contribution in [2.24, 2.45) is 0 Å². The molecular weight excluding hydrogens is 391 g/mol. The quantitative estimate of drug-likeness (QED) is 0.673. The monoisotopic (exact) mass is 399 g/mol. The molecule has 2 N–H and O–H groups in total. The number of thiazole rings is 1. The van der Waals surface area contributed by atoms with Gasteiger partial charge in [0, 0.05) is 17.1 Å². The van der Waals surface area contributed by atoms with E-state index in [1.54, 1.807) is 5.38 Å². The summed E-state index contributed by atoms with van der Waals surface area (Å²) in [5.74, 6) is -3.13. The summed E-state index contributed by atoms with van der Waals surface area (Å²) >= 11 is 1.13.